The maximum atomic E-state index is 8.80. The smallest absolute Gasteiger partial charge is 0.0628 e. The maximum absolute atomic E-state index is 8.80. The average Bonchev–Trinajstić information content (AvgIpc) is 2.99. The van der Waals surface area contributed by atoms with E-state index in [0.717, 1.165) is 19.5 Å². The molecule has 0 spiro atoms. The highest BCUT2D eigenvalue weighted by atomic mass is 15.2. The van der Waals surface area contributed by atoms with E-state index in [1.54, 1.807) is 0 Å². The van der Waals surface area contributed by atoms with E-state index in [4.69, 9.17) is 11.0 Å². The molecule has 2 aliphatic rings. The van der Waals surface area contributed by atoms with Crippen LogP contribution in [0.4, 0.5) is 0 Å². The van der Waals surface area contributed by atoms with Crippen LogP contribution in [-0.2, 0) is 0 Å². The molecule has 0 aromatic rings. The van der Waals surface area contributed by atoms with Gasteiger partial charge in [0.2, 0.25) is 0 Å². The van der Waals surface area contributed by atoms with Crippen LogP contribution in [0, 0.1) is 16.7 Å². The van der Waals surface area contributed by atoms with Crippen molar-refractivity contribution in [2.75, 3.05) is 19.6 Å². The lowest BCUT2D eigenvalue weighted by Crippen LogP contribution is -2.46. The Balaban J connectivity index is 1.89. The first kappa shape index (κ1) is 10.9. The molecule has 1 atom stereocenters. The number of nitrogens with two attached hydrogens (primary N) is 1. The third kappa shape index (κ3) is 2.50. The summed E-state index contributed by atoms with van der Waals surface area (Å²) < 4.78 is 0. The number of hydrogen-bond acceptors (Lipinski definition) is 3. The van der Waals surface area contributed by atoms with Gasteiger partial charge in [-0.05, 0) is 37.6 Å². The van der Waals surface area contributed by atoms with Crippen molar-refractivity contribution < 1.29 is 0 Å². The Morgan fingerprint density at radius 3 is 2.80 bits per heavy atom. The molecule has 2 N–H and O–H groups in total. The van der Waals surface area contributed by atoms with E-state index in [1.807, 2.05) is 0 Å². The second kappa shape index (κ2) is 4.51. The molecule has 0 radical (unpaired) electrons. The van der Waals surface area contributed by atoms with Crippen molar-refractivity contribution >= 4 is 0 Å². The summed E-state index contributed by atoms with van der Waals surface area (Å²) in [4.78, 5) is 2.54. The van der Waals surface area contributed by atoms with E-state index >= 15 is 0 Å². The Morgan fingerprint density at radius 2 is 2.20 bits per heavy atom. The van der Waals surface area contributed by atoms with Crippen LogP contribution in [-0.4, -0.2) is 30.6 Å². The van der Waals surface area contributed by atoms with Gasteiger partial charge in [0.05, 0.1) is 6.07 Å². The normalized spacial score (nSPS) is 29.7. The molecule has 1 aliphatic carbocycles. The van der Waals surface area contributed by atoms with Crippen LogP contribution in [0.5, 0.6) is 0 Å². The summed E-state index contributed by atoms with van der Waals surface area (Å²) in [5.41, 5.74) is 6.15. The molecule has 0 bridgehead atoms. The second-order valence-corrected chi connectivity index (χ2v) is 5.19. The molecule has 0 aromatic carbocycles. The molecule has 1 saturated heterocycles. The minimum absolute atomic E-state index is 0.347. The van der Waals surface area contributed by atoms with E-state index in [2.05, 4.69) is 11.0 Å². The van der Waals surface area contributed by atoms with Gasteiger partial charge in [-0.25, -0.2) is 0 Å². The lowest BCUT2D eigenvalue weighted by molar-refractivity contribution is 0.123. The van der Waals surface area contributed by atoms with Crippen molar-refractivity contribution in [3.05, 3.63) is 0 Å². The SMILES string of the molecule is N#CCC1(CN2CCCCC2CN)CC1. The van der Waals surface area contributed by atoms with Gasteiger partial charge in [-0.3, -0.25) is 4.90 Å². The largest absolute Gasteiger partial charge is 0.329 e. The minimum Gasteiger partial charge on any atom is -0.329 e. The molecule has 0 aromatic heterocycles. The van der Waals surface area contributed by atoms with Crippen LogP contribution in [0.25, 0.3) is 0 Å². The lowest BCUT2D eigenvalue weighted by Gasteiger charge is -2.37. The van der Waals surface area contributed by atoms with Crippen molar-refractivity contribution in [3.63, 3.8) is 0 Å². The van der Waals surface area contributed by atoms with Crippen molar-refractivity contribution in [1.29, 1.82) is 5.26 Å². The Bertz CT molecular complexity index is 252. The van der Waals surface area contributed by atoms with E-state index in [0.29, 0.717) is 11.5 Å². The molecule has 3 heteroatoms. The predicted molar refractivity (Wildman–Crippen MR) is 60.2 cm³/mol. The molecule has 1 heterocycles. The molecule has 3 nitrogen and oxygen atoms in total. The molecule has 1 aliphatic heterocycles. The third-order valence-electron chi connectivity index (χ3n) is 3.97. The molecule has 1 unspecified atom stereocenters. The van der Waals surface area contributed by atoms with Gasteiger partial charge in [-0.1, -0.05) is 6.42 Å². The zero-order valence-corrected chi connectivity index (χ0v) is 9.41. The number of nitrogens with zero attached hydrogens (tertiary/aromatic N) is 2. The topological polar surface area (TPSA) is 53.0 Å². The zero-order valence-electron chi connectivity index (χ0n) is 9.41. The summed E-state index contributed by atoms with van der Waals surface area (Å²) in [6, 6.07) is 2.91. The van der Waals surface area contributed by atoms with E-state index < -0.39 is 0 Å². The first-order chi connectivity index (χ1) is 7.29. The first-order valence-electron chi connectivity index (χ1n) is 6.11. The fourth-order valence-corrected chi connectivity index (χ4v) is 2.70. The molecule has 1 saturated carbocycles. The number of nitriles is 1. The quantitative estimate of drug-likeness (QED) is 0.760. The molecule has 2 rings (SSSR count). The van der Waals surface area contributed by atoms with Gasteiger partial charge in [-0.2, -0.15) is 5.26 Å². The number of piperidine rings is 1. The van der Waals surface area contributed by atoms with Gasteiger partial charge < -0.3 is 5.73 Å². The second-order valence-electron chi connectivity index (χ2n) is 5.19. The highest BCUT2D eigenvalue weighted by Crippen LogP contribution is 2.49. The Morgan fingerprint density at radius 1 is 1.40 bits per heavy atom. The third-order valence-corrected chi connectivity index (χ3v) is 3.97. The van der Waals surface area contributed by atoms with Crippen molar-refractivity contribution in [2.45, 2.75) is 44.6 Å². The van der Waals surface area contributed by atoms with Crippen molar-refractivity contribution in [2.24, 2.45) is 11.1 Å². The van der Waals surface area contributed by atoms with Crippen molar-refractivity contribution in [3.8, 4) is 6.07 Å². The maximum Gasteiger partial charge on any atom is 0.0628 e. The van der Waals surface area contributed by atoms with Gasteiger partial charge >= 0.3 is 0 Å². The summed E-state index contributed by atoms with van der Waals surface area (Å²) in [7, 11) is 0. The highest BCUT2D eigenvalue weighted by molar-refractivity contribution is 5.02. The minimum atomic E-state index is 0.347. The van der Waals surface area contributed by atoms with E-state index in [1.165, 1.54) is 38.6 Å². The van der Waals surface area contributed by atoms with Gasteiger partial charge in [-0.15, -0.1) is 0 Å². The molecular weight excluding hydrogens is 186 g/mol. The Hall–Kier alpha value is -0.590. The summed E-state index contributed by atoms with van der Waals surface area (Å²) >= 11 is 0. The number of likely N-dealkylation sites (tertiary alicyclic amines) is 1. The molecule has 2 fully saturated rings. The van der Waals surface area contributed by atoms with Gasteiger partial charge in [0.15, 0.2) is 0 Å². The van der Waals surface area contributed by atoms with Crippen molar-refractivity contribution in [1.82, 2.24) is 4.90 Å². The van der Waals surface area contributed by atoms with Gasteiger partial charge in [0, 0.05) is 25.6 Å². The number of rotatable bonds is 4. The first-order valence-corrected chi connectivity index (χ1v) is 6.11. The summed E-state index contributed by atoms with van der Waals surface area (Å²) in [6.45, 7) is 3.08. The van der Waals surface area contributed by atoms with E-state index in [9.17, 15) is 0 Å². The van der Waals surface area contributed by atoms with Crippen LogP contribution in [0.3, 0.4) is 0 Å². The van der Waals surface area contributed by atoms with Crippen LogP contribution in [0.2, 0.25) is 0 Å². The molecule has 0 amide bonds. The lowest BCUT2D eigenvalue weighted by atomic mass is 9.97. The molecule has 84 valence electrons. The summed E-state index contributed by atoms with van der Waals surface area (Å²) in [5.74, 6) is 0. The predicted octanol–water partition coefficient (Wildman–Crippen LogP) is 1.49. The van der Waals surface area contributed by atoms with Crippen LogP contribution >= 0.6 is 0 Å². The Labute approximate surface area is 92.2 Å². The fourth-order valence-electron chi connectivity index (χ4n) is 2.70. The number of hydrogen-bond donors (Lipinski definition) is 1. The monoisotopic (exact) mass is 207 g/mol. The summed E-state index contributed by atoms with van der Waals surface area (Å²) in [6.07, 6.45) is 7.10. The van der Waals surface area contributed by atoms with Crippen LogP contribution in [0.15, 0.2) is 0 Å². The highest BCUT2D eigenvalue weighted by Gasteiger charge is 2.44. The van der Waals surface area contributed by atoms with Gasteiger partial charge in [0.1, 0.15) is 0 Å². The summed E-state index contributed by atoms with van der Waals surface area (Å²) in [5, 5.41) is 8.80. The fraction of sp³-hybridized carbons (Fsp3) is 0.917. The Kier molecular flexibility index (Phi) is 3.28. The van der Waals surface area contributed by atoms with Crippen LogP contribution in [0.1, 0.15) is 38.5 Å². The standard InChI is InChI=1S/C12H21N3/c13-7-6-12(4-5-12)10-15-8-2-1-3-11(15)9-14/h11H,1-6,8-10,14H2. The van der Waals surface area contributed by atoms with E-state index in [-0.39, 0.29) is 0 Å². The van der Waals surface area contributed by atoms with Gasteiger partial charge in [0.25, 0.3) is 0 Å². The zero-order chi connectivity index (χ0) is 10.7. The average molecular weight is 207 g/mol. The molecule has 15 heavy (non-hydrogen) atoms. The van der Waals surface area contributed by atoms with Crippen LogP contribution < -0.4 is 5.73 Å². The molecular formula is C12H21N3.